The van der Waals surface area contributed by atoms with Gasteiger partial charge in [-0.25, -0.2) is 4.98 Å². The van der Waals surface area contributed by atoms with Gasteiger partial charge in [-0.05, 0) is 27.9 Å². The Kier molecular flexibility index (Phi) is 4.73. The summed E-state index contributed by atoms with van der Waals surface area (Å²) in [5.74, 6) is 1.03. The van der Waals surface area contributed by atoms with Crippen molar-refractivity contribution in [2.24, 2.45) is 5.92 Å². The zero-order chi connectivity index (χ0) is 17.3. The van der Waals surface area contributed by atoms with Crippen LogP contribution in [-0.4, -0.2) is 32.4 Å². The molecule has 2 aromatic heterocycles. The highest BCUT2D eigenvalue weighted by atomic mass is 79.9. The Morgan fingerprint density at radius 3 is 2.75 bits per heavy atom. The summed E-state index contributed by atoms with van der Waals surface area (Å²) in [5.41, 5.74) is 9.08. The van der Waals surface area contributed by atoms with Crippen LogP contribution in [0.4, 0.5) is 11.5 Å². The highest BCUT2D eigenvalue weighted by molar-refractivity contribution is 9.10. The molecule has 1 atom stereocenters. The Bertz CT molecular complexity index is 861. The van der Waals surface area contributed by atoms with Crippen LogP contribution in [0.1, 0.15) is 13.8 Å². The van der Waals surface area contributed by atoms with Crippen molar-refractivity contribution < 1.29 is 5.11 Å². The number of nitrogens with one attached hydrogen (secondary N) is 1. The maximum Gasteiger partial charge on any atom is 0.172 e. The van der Waals surface area contributed by atoms with Crippen LogP contribution in [0.2, 0.25) is 0 Å². The lowest BCUT2D eigenvalue weighted by atomic mass is 10.1. The highest BCUT2D eigenvalue weighted by Crippen LogP contribution is 2.29. The molecular weight excluding hydrogens is 370 g/mol. The molecule has 3 rings (SSSR count). The van der Waals surface area contributed by atoms with Crippen molar-refractivity contribution in [2.75, 3.05) is 17.7 Å². The molecule has 6 nitrogen and oxygen atoms in total. The lowest BCUT2D eigenvalue weighted by molar-refractivity contribution is 0.249. The maximum absolute atomic E-state index is 9.63. The van der Waals surface area contributed by atoms with Crippen LogP contribution >= 0.6 is 15.9 Å². The molecule has 0 radical (unpaired) electrons. The lowest BCUT2D eigenvalue weighted by Crippen LogP contribution is -2.30. The normalized spacial score (nSPS) is 12.7. The molecule has 0 amide bonds. The van der Waals surface area contributed by atoms with Crippen molar-refractivity contribution in [3.63, 3.8) is 0 Å². The van der Waals surface area contributed by atoms with E-state index in [1.54, 1.807) is 10.7 Å². The summed E-state index contributed by atoms with van der Waals surface area (Å²) in [4.78, 5) is 4.68. The van der Waals surface area contributed by atoms with E-state index in [0.29, 0.717) is 11.3 Å². The van der Waals surface area contributed by atoms with Gasteiger partial charge in [0.1, 0.15) is 5.82 Å². The molecular formula is C17H20BrN5O. The van der Waals surface area contributed by atoms with Gasteiger partial charge in [0.2, 0.25) is 0 Å². The van der Waals surface area contributed by atoms with E-state index in [9.17, 15) is 5.11 Å². The van der Waals surface area contributed by atoms with Gasteiger partial charge < -0.3 is 16.2 Å². The first kappa shape index (κ1) is 16.7. The van der Waals surface area contributed by atoms with Crippen LogP contribution < -0.4 is 11.1 Å². The monoisotopic (exact) mass is 389 g/mol. The first-order valence-corrected chi connectivity index (χ1v) is 8.57. The fourth-order valence-electron chi connectivity index (χ4n) is 2.52. The van der Waals surface area contributed by atoms with Gasteiger partial charge in [-0.1, -0.05) is 32.0 Å². The van der Waals surface area contributed by atoms with Gasteiger partial charge in [0, 0.05) is 17.3 Å². The first-order chi connectivity index (χ1) is 11.5. The minimum absolute atomic E-state index is 0.0345. The standard InChI is InChI=1S/C17H20BrN5O/c1-10(2)15(9-24)21-16-7-14(11-5-3-4-6-13(11)19)22-17-12(18)8-20-23(16)17/h3-8,10,15,21,24H,9,19H2,1-2H3/t15-/m0/s1. The second-order valence-corrected chi connectivity index (χ2v) is 6.87. The van der Waals surface area contributed by atoms with Crippen molar-refractivity contribution in [3.8, 4) is 11.3 Å². The molecule has 24 heavy (non-hydrogen) atoms. The van der Waals surface area contributed by atoms with E-state index in [1.165, 1.54) is 0 Å². The summed E-state index contributed by atoms with van der Waals surface area (Å²) in [6.45, 7) is 4.15. The van der Waals surface area contributed by atoms with Gasteiger partial charge in [-0.2, -0.15) is 9.61 Å². The quantitative estimate of drug-likeness (QED) is 0.583. The highest BCUT2D eigenvalue weighted by Gasteiger charge is 2.17. The van der Waals surface area contributed by atoms with E-state index in [1.807, 2.05) is 30.3 Å². The number of aliphatic hydroxyl groups excluding tert-OH is 1. The van der Waals surface area contributed by atoms with Gasteiger partial charge in [0.05, 0.1) is 29.0 Å². The number of rotatable bonds is 5. The predicted molar refractivity (Wildman–Crippen MR) is 99.9 cm³/mol. The topological polar surface area (TPSA) is 88.5 Å². The number of nitrogens with zero attached hydrogens (tertiary/aromatic N) is 3. The summed E-state index contributed by atoms with van der Waals surface area (Å²) in [5, 5.41) is 17.3. The molecule has 0 bridgehead atoms. The molecule has 7 heteroatoms. The van der Waals surface area contributed by atoms with Gasteiger partial charge in [0.25, 0.3) is 0 Å². The predicted octanol–water partition coefficient (Wildman–Crippen LogP) is 3.17. The summed E-state index contributed by atoms with van der Waals surface area (Å²) < 4.78 is 2.52. The second-order valence-electron chi connectivity index (χ2n) is 6.02. The molecule has 0 saturated carbocycles. The van der Waals surface area contributed by atoms with Crippen molar-refractivity contribution >= 4 is 33.1 Å². The van der Waals surface area contributed by atoms with Crippen LogP contribution in [-0.2, 0) is 0 Å². The Hall–Kier alpha value is -2.12. The van der Waals surface area contributed by atoms with Gasteiger partial charge >= 0.3 is 0 Å². The van der Waals surface area contributed by atoms with Crippen LogP contribution in [0.25, 0.3) is 16.9 Å². The van der Waals surface area contributed by atoms with E-state index in [0.717, 1.165) is 21.5 Å². The number of nitrogens with two attached hydrogens (primary N) is 1. The lowest BCUT2D eigenvalue weighted by Gasteiger charge is -2.22. The number of nitrogen functional groups attached to an aromatic ring is 1. The van der Waals surface area contributed by atoms with Crippen LogP contribution in [0, 0.1) is 5.92 Å². The molecule has 0 saturated heterocycles. The van der Waals surface area contributed by atoms with E-state index in [-0.39, 0.29) is 18.6 Å². The largest absolute Gasteiger partial charge is 0.398 e. The van der Waals surface area contributed by atoms with Gasteiger partial charge in [0.15, 0.2) is 5.65 Å². The number of hydrogen-bond acceptors (Lipinski definition) is 5. The fraction of sp³-hybridized carbons (Fsp3) is 0.294. The Balaban J connectivity index is 2.16. The molecule has 2 heterocycles. The van der Waals surface area contributed by atoms with Gasteiger partial charge in [-0.15, -0.1) is 0 Å². The second kappa shape index (κ2) is 6.78. The molecule has 0 unspecified atom stereocenters. The zero-order valence-corrected chi connectivity index (χ0v) is 15.2. The molecule has 0 spiro atoms. The number of aromatic nitrogens is 3. The molecule has 0 fully saturated rings. The number of aliphatic hydroxyl groups is 1. The summed E-state index contributed by atoms with van der Waals surface area (Å²) in [6.07, 6.45) is 1.70. The van der Waals surface area contributed by atoms with Gasteiger partial charge in [-0.3, -0.25) is 0 Å². The molecule has 3 aromatic rings. The summed E-state index contributed by atoms with van der Waals surface area (Å²) in [7, 11) is 0. The number of para-hydroxylation sites is 1. The minimum Gasteiger partial charge on any atom is -0.398 e. The first-order valence-electron chi connectivity index (χ1n) is 7.77. The third-order valence-corrected chi connectivity index (χ3v) is 4.56. The van der Waals surface area contributed by atoms with Crippen molar-refractivity contribution in [1.29, 1.82) is 0 Å². The Morgan fingerprint density at radius 1 is 1.33 bits per heavy atom. The molecule has 4 N–H and O–H groups in total. The molecule has 0 aliphatic carbocycles. The maximum atomic E-state index is 9.63. The average molecular weight is 390 g/mol. The van der Waals surface area contributed by atoms with E-state index >= 15 is 0 Å². The number of benzene rings is 1. The van der Waals surface area contributed by atoms with Crippen LogP contribution in [0.5, 0.6) is 0 Å². The molecule has 126 valence electrons. The number of anilines is 2. The fourth-order valence-corrected chi connectivity index (χ4v) is 2.87. The summed E-state index contributed by atoms with van der Waals surface area (Å²) >= 11 is 3.48. The van der Waals surface area contributed by atoms with E-state index in [2.05, 4.69) is 45.2 Å². The van der Waals surface area contributed by atoms with E-state index < -0.39 is 0 Å². The summed E-state index contributed by atoms with van der Waals surface area (Å²) in [6, 6.07) is 9.44. The Labute approximate surface area is 148 Å². The number of halogens is 1. The molecule has 0 aliphatic heterocycles. The van der Waals surface area contributed by atoms with Crippen molar-refractivity contribution in [1.82, 2.24) is 14.6 Å². The van der Waals surface area contributed by atoms with Crippen LogP contribution in [0.15, 0.2) is 41.0 Å². The zero-order valence-electron chi connectivity index (χ0n) is 13.6. The van der Waals surface area contributed by atoms with Crippen LogP contribution in [0.3, 0.4) is 0 Å². The minimum atomic E-state index is -0.0838. The van der Waals surface area contributed by atoms with E-state index in [4.69, 9.17) is 5.73 Å². The third kappa shape index (κ3) is 3.09. The number of fused-ring (bicyclic) bond motifs is 1. The van der Waals surface area contributed by atoms with Crippen molar-refractivity contribution in [3.05, 3.63) is 41.0 Å². The molecule has 0 aliphatic rings. The number of hydrogen-bond donors (Lipinski definition) is 3. The van der Waals surface area contributed by atoms with Crippen molar-refractivity contribution in [2.45, 2.75) is 19.9 Å². The average Bonchev–Trinajstić information content (AvgIpc) is 2.94. The Morgan fingerprint density at radius 2 is 2.08 bits per heavy atom. The molecule has 1 aromatic carbocycles. The third-order valence-electron chi connectivity index (χ3n) is 4.00. The SMILES string of the molecule is CC(C)[C@H](CO)Nc1cc(-c2ccccc2N)nc2c(Br)cnn12. The smallest absolute Gasteiger partial charge is 0.172 e.